The monoisotopic (exact) mass is 441 g/mol. The molecule has 3 rings (SSSR count). The maximum Gasteiger partial charge on any atom is 0.253 e. The number of hydrogen-bond acceptors (Lipinski definition) is 6. The number of carbonyl (C=O) groups excluding carboxylic acids is 1. The topological polar surface area (TPSA) is 81.4 Å². The van der Waals surface area contributed by atoms with Gasteiger partial charge in [-0.3, -0.25) is 4.79 Å². The van der Waals surface area contributed by atoms with Crippen molar-refractivity contribution in [3.63, 3.8) is 0 Å². The average Bonchev–Trinajstić information content (AvgIpc) is 3.14. The third-order valence-electron chi connectivity index (χ3n) is 5.23. The summed E-state index contributed by atoms with van der Waals surface area (Å²) in [7, 11) is 0. The highest BCUT2D eigenvalue weighted by Gasteiger charge is 2.15. The number of rotatable bonds is 8. The molecule has 0 bridgehead atoms. The first-order valence-corrected chi connectivity index (χ1v) is 11.7. The number of carbonyl (C=O) groups is 1. The molecule has 0 unspecified atom stereocenters. The second kappa shape index (κ2) is 9.68. The summed E-state index contributed by atoms with van der Waals surface area (Å²) in [6, 6.07) is 8.12. The van der Waals surface area contributed by atoms with Crippen LogP contribution in [0.5, 0.6) is 5.75 Å². The van der Waals surface area contributed by atoms with Gasteiger partial charge >= 0.3 is 0 Å². The molecule has 7 nitrogen and oxygen atoms in total. The molecule has 1 N–H and O–H groups in total. The van der Waals surface area contributed by atoms with Crippen molar-refractivity contribution in [1.82, 2.24) is 24.9 Å². The molecule has 0 aliphatic carbocycles. The van der Waals surface area contributed by atoms with Crippen LogP contribution in [-0.2, 0) is 16.6 Å². The van der Waals surface area contributed by atoms with Gasteiger partial charge in [-0.25, -0.2) is 9.50 Å². The van der Waals surface area contributed by atoms with Crippen LogP contribution in [-0.4, -0.2) is 44.9 Å². The van der Waals surface area contributed by atoms with Crippen molar-refractivity contribution in [2.45, 2.75) is 58.0 Å². The number of amides is 1. The summed E-state index contributed by atoms with van der Waals surface area (Å²) in [6.45, 7) is 11.4. The minimum absolute atomic E-state index is 0.00558. The van der Waals surface area contributed by atoms with E-state index in [-0.39, 0.29) is 11.3 Å². The number of nitrogens with zero attached hydrogens (tertiary/aromatic N) is 4. The molecule has 1 amide bonds. The zero-order valence-electron chi connectivity index (χ0n) is 19.2. The molecule has 0 aliphatic rings. The number of aryl methyl sites for hydroxylation is 2. The normalized spacial score (nSPS) is 11.7. The van der Waals surface area contributed by atoms with Gasteiger partial charge in [-0.2, -0.15) is 4.98 Å². The number of nitrogens with one attached hydrogen (secondary N) is 1. The first-order valence-electron chi connectivity index (χ1n) is 10.5. The molecule has 8 heteroatoms. The molecule has 0 spiro atoms. The summed E-state index contributed by atoms with van der Waals surface area (Å²) < 4.78 is 7.50. The summed E-state index contributed by atoms with van der Waals surface area (Å²) in [4.78, 5) is 21.2. The average molecular weight is 442 g/mol. The van der Waals surface area contributed by atoms with Gasteiger partial charge in [0.15, 0.2) is 0 Å². The van der Waals surface area contributed by atoms with E-state index in [9.17, 15) is 4.79 Å². The molecule has 0 atom stereocenters. The maximum absolute atomic E-state index is 12.3. The first kappa shape index (κ1) is 23.1. The van der Waals surface area contributed by atoms with E-state index in [1.54, 1.807) is 4.52 Å². The fraction of sp³-hybridized carbons (Fsp3) is 0.478. The van der Waals surface area contributed by atoms with E-state index < -0.39 is 0 Å². The van der Waals surface area contributed by atoms with Crippen molar-refractivity contribution < 1.29 is 9.53 Å². The Labute approximate surface area is 188 Å². The van der Waals surface area contributed by atoms with Crippen molar-refractivity contribution in [2.75, 3.05) is 19.4 Å². The summed E-state index contributed by atoms with van der Waals surface area (Å²) in [6.07, 6.45) is 2.93. The van der Waals surface area contributed by atoms with E-state index in [4.69, 9.17) is 4.74 Å². The lowest BCUT2D eigenvalue weighted by molar-refractivity contribution is -0.121. The summed E-state index contributed by atoms with van der Waals surface area (Å²) in [5.41, 5.74) is 4.29. The molecule has 2 aromatic heterocycles. The lowest BCUT2D eigenvalue weighted by Gasteiger charge is -2.19. The molecule has 31 heavy (non-hydrogen) atoms. The highest BCUT2D eigenvalue weighted by atomic mass is 32.2. The van der Waals surface area contributed by atoms with Gasteiger partial charge in [-0.15, -0.1) is 5.10 Å². The Morgan fingerprint density at radius 2 is 1.87 bits per heavy atom. The minimum atomic E-state index is -0.00558. The van der Waals surface area contributed by atoms with Gasteiger partial charge < -0.3 is 10.1 Å². The van der Waals surface area contributed by atoms with Crippen LogP contribution in [0.15, 0.2) is 29.4 Å². The predicted molar refractivity (Wildman–Crippen MR) is 124 cm³/mol. The lowest BCUT2D eigenvalue weighted by Crippen LogP contribution is -2.28. The van der Waals surface area contributed by atoms with E-state index in [1.165, 1.54) is 17.3 Å². The second-order valence-corrected chi connectivity index (χ2v) is 9.32. The minimum Gasteiger partial charge on any atom is -0.492 e. The zero-order valence-corrected chi connectivity index (χ0v) is 20.0. The highest BCUT2D eigenvalue weighted by Crippen LogP contribution is 2.24. The molecular weight excluding hydrogens is 410 g/mol. The van der Waals surface area contributed by atoms with Gasteiger partial charge in [0.2, 0.25) is 11.1 Å². The van der Waals surface area contributed by atoms with Crippen LogP contribution < -0.4 is 10.1 Å². The van der Waals surface area contributed by atoms with Crippen LogP contribution >= 0.6 is 11.8 Å². The molecule has 0 aliphatic heterocycles. The SMILES string of the molecule is CSc1nc2nc(C)c(CCC(=O)NCCOc3ccc(C(C)(C)C)cc3)c(C)n2n1. The van der Waals surface area contributed by atoms with Gasteiger partial charge in [0.05, 0.1) is 6.54 Å². The van der Waals surface area contributed by atoms with Gasteiger partial charge in [-0.1, -0.05) is 44.7 Å². The molecule has 1 aromatic carbocycles. The first-order chi connectivity index (χ1) is 14.7. The highest BCUT2D eigenvalue weighted by molar-refractivity contribution is 7.98. The van der Waals surface area contributed by atoms with Crippen LogP contribution in [0, 0.1) is 13.8 Å². The molecular formula is C23H31N5O2S. The molecule has 166 valence electrons. The number of aromatic nitrogens is 4. The Kier molecular flexibility index (Phi) is 7.20. The number of fused-ring (bicyclic) bond motifs is 1. The molecule has 0 fully saturated rings. The van der Waals surface area contributed by atoms with Crippen molar-refractivity contribution in [2.24, 2.45) is 0 Å². The summed E-state index contributed by atoms with van der Waals surface area (Å²) in [5.74, 6) is 1.40. The Hall–Kier alpha value is -2.61. The van der Waals surface area contributed by atoms with Crippen molar-refractivity contribution >= 4 is 23.4 Å². The Bertz CT molecular complexity index is 1050. The van der Waals surface area contributed by atoms with Gasteiger partial charge in [0.1, 0.15) is 12.4 Å². The molecule has 0 radical (unpaired) electrons. The summed E-state index contributed by atoms with van der Waals surface area (Å²) >= 11 is 1.49. The van der Waals surface area contributed by atoms with E-state index in [0.29, 0.717) is 36.9 Å². The van der Waals surface area contributed by atoms with Gasteiger partial charge in [-0.05, 0) is 55.2 Å². The molecule has 0 saturated heterocycles. The number of hydrogen-bond donors (Lipinski definition) is 1. The van der Waals surface area contributed by atoms with Crippen LogP contribution in [0.3, 0.4) is 0 Å². The Morgan fingerprint density at radius 1 is 1.16 bits per heavy atom. The second-order valence-electron chi connectivity index (χ2n) is 8.54. The van der Waals surface area contributed by atoms with Crippen molar-refractivity contribution in [3.05, 3.63) is 46.8 Å². The van der Waals surface area contributed by atoms with Crippen LogP contribution in [0.1, 0.15) is 49.7 Å². The fourth-order valence-electron chi connectivity index (χ4n) is 3.38. The number of benzene rings is 1. The standard InChI is InChI=1S/C23H31N5O2S/c1-15-19(16(2)28-21(25-15)26-22(27-28)31-6)11-12-20(29)24-13-14-30-18-9-7-17(8-10-18)23(3,4)5/h7-10H,11-14H2,1-6H3,(H,24,29). The van der Waals surface area contributed by atoms with Crippen LogP contribution in [0.4, 0.5) is 0 Å². The molecule has 0 saturated carbocycles. The summed E-state index contributed by atoms with van der Waals surface area (Å²) in [5, 5.41) is 8.07. The van der Waals surface area contributed by atoms with Crippen molar-refractivity contribution in [1.29, 1.82) is 0 Å². The van der Waals surface area contributed by atoms with Crippen LogP contribution in [0.2, 0.25) is 0 Å². The molecule has 2 heterocycles. The van der Waals surface area contributed by atoms with E-state index >= 15 is 0 Å². The zero-order chi connectivity index (χ0) is 22.6. The Morgan fingerprint density at radius 3 is 2.52 bits per heavy atom. The lowest BCUT2D eigenvalue weighted by atomic mass is 9.87. The van der Waals surface area contributed by atoms with E-state index in [2.05, 4.69) is 53.3 Å². The maximum atomic E-state index is 12.3. The van der Waals surface area contributed by atoms with E-state index in [0.717, 1.165) is 22.7 Å². The van der Waals surface area contributed by atoms with Gasteiger partial charge in [0.25, 0.3) is 5.78 Å². The molecule has 3 aromatic rings. The van der Waals surface area contributed by atoms with Gasteiger partial charge in [0, 0.05) is 17.8 Å². The fourth-order valence-corrected chi connectivity index (χ4v) is 3.71. The van der Waals surface area contributed by atoms with Crippen molar-refractivity contribution in [3.8, 4) is 5.75 Å². The van der Waals surface area contributed by atoms with Crippen LogP contribution in [0.25, 0.3) is 5.78 Å². The third-order valence-corrected chi connectivity index (χ3v) is 5.77. The van der Waals surface area contributed by atoms with E-state index in [1.807, 2.05) is 32.2 Å². The predicted octanol–water partition coefficient (Wildman–Crippen LogP) is 3.89. The number of ether oxygens (including phenoxy) is 1. The quantitative estimate of drug-likeness (QED) is 0.422. The number of thioether (sulfide) groups is 1. The largest absolute Gasteiger partial charge is 0.492 e. The smallest absolute Gasteiger partial charge is 0.253 e. The Balaban J connectivity index is 1.47. The third kappa shape index (κ3) is 5.76.